The van der Waals surface area contributed by atoms with Crippen molar-refractivity contribution in [2.75, 3.05) is 0 Å². The lowest BCUT2D eigenvalue weighted by atomic mass is 9.73. The molecule has 1 aromatic heterocycles. The van der Waals surface area contributed by atoms with Crippen molar-refractivity contribution >= 4 is 5.97 Å². The van der Waals surface area contributed by atoms with E-state index in [1.807, 2.05) is 6.08 Å². The summed E-state index contributed by atoms with van der Waals surface area (Å²) >= 11 is 0. The fourth-order valence-electron chi connectivity index (χ4n) is 2.87. The summed E-state index contributed by atoms with van der Waals surface area (Å²) in [7, 11) is 0. The van der Waals surface area contributed by atoms with Gasteiger partial charge in [-0.1, -0.05) is 25.5 Å². The van der Waals surface area contributed by atoms with E-state index in [2.05, 4.69) is 20.8 Å². The summed E-state index contributed by atoms with van der Waals surface area (Å²) in [6.07, 6.45) is 7.48. The zero-order valence-electron chi connectivity index (χ0n) is 13.7. The van der Waals surface area contributed by atoms with E-state index < -0.39 is 17.1 Å². The topological polar surface area (TPSA) is 76.7 Å². The van der Waals surface area contributed by atoms with Gasteiger partial charge < -0.3 is 14.3 Å². The highest BCUT2D eigenvalue weighted by Crippen LogP contribution is 2.40. The summed E-state index contributed by atoms with van der Waals surface area (Å²) in [5.74, 6) is -0.785. The third-order valence-electron chi connectivity index (χ3n) is 4.15. The van der Waals surface area contributed by atoms with E-state index in [-0.39, 0.29) is 17.8 Å². The van der Waals surface area contributed by atoms with Crippen LogP contribution in [0.5, 0.6) is 5.75 Å². The number of allylic oxidation sites excluding steroid dienone is 3. The number of ether oxygens (including phenoxy) is 1. The molecule has 2 rings (SSSR count). The van der Waals surface area contributed by atoms with Gasteiger partial charge in [-0.15, -0.1) is 0 Å². The second-order valence-electron chi connectivity index (χ2n) is 6.47. The molecule has 1 aliphatic carbocycles. The van der Waals surface area contributed by atoms with Crippen molar-refractivity contribution in [3.63, 3.8) is 0 Å². The molecule has 1 N–H and O–H groups in total. The number of esters is 1. The van der Waals surface area contributed by atoms with Gasteiger partial charge in [-0.05, 0) is 37.2 Å². The first-order valence-corrected chi connectivity index (χ1v) is 7.65. The number of rotatable bonds is 4. The van der Waals surface area contributed by atoms with Gasteiger partial charge in [-0.2, -0.15) is 0 Å². The maximum atomic E-state index is 11.8. The maximum absolute atomic E-state index is 11.8. The molecular formula is C18H22O5. The highest BCUT2D eigenvalue weighted by Gasteiger charge is 2.26. The lowest BCUT2D eigenvalue weighted by Gasteiger charge is -2.32. The summed E-state index contributed by atoms with van der Waals surface area (Å²) in [4.78, 5) is 23.1. The number of carbonyl (C=O) groups excluding carboxylic acids is 1. The van der Waals surface area contributed by atoms with Gasteiger partial charge in [-0.3, -0.25) is 4.79 Å². The Labute approximate surface area is 135 Å². The molecule has 0 unspecified atom stereocenters. The largest absolute Gasteiger partial charge is 0.502 e. The molecule has 0 aromatic carbocycles. The summed E-state index contributed by atoms with van der Waals surface area (Å²) in [6.45, 7) is 6.29. The zero-order valence-corrected chi connectivity index (χ0v) is 13.7. The van der Waals surface area contributed by atoms with Gasteiger partial charge in [0.2, 0.25) is 5.43 Å². The lowest BCUT2D eigenvalue weighted by molar-refractivity contribution is -0.139. The Morgan fingerprint density at radius 1 is 1.48 bits per heavy atom. The molecule has 1 aliphatic rings. The van der Waals surface area contributed by atoms with Crippen molar-refractivity contribution in [2.45, 2.75) is 46.6 Å². The first-order valence-electron chi connectivity index (χ1n) is 7.65. The van der Waals surface area contributed by atoms with Crippen LogP contribution in [0.25, 0.3) is 0 Å². The van der Waals surface area contributed by atoms with Gasteiger partial charge in [0.25, 0.3) is 0 Å². The normalized spacial score (nSPS) is 17.5. The SMILES string of the molecule is CC1=C(/C=C/C(=O)OCc2cc(=O)c(O)co2)C(C)(C)CCC1. The molecule has 0 fully saturated rings. The van der Waals surface area contributed by atoms with E-state index in [1.165, 1.54) is 23.6 Å². The van der Waals surface area contributed by atoms with Crippen LogP contribution in [0.3, 0.4) is 0 Å². The summed E-state index contributed by atoms with van der Waals surface area (Å²) in [5.41, 5.74) is 1.97. The van der Waals surface area contributed by atoms with E-state index in [4.69, 9.17) is 14.3 Å². The smallest absolute Gasteiger partial charge is 0.331 e. The quantitative estimate of drug-likeness (QED) is 0.679. The van der Waals surface area contributed by atoms with Crippen LogP contribution in [0, 0.1) is 5.41 Å². The van der Waals surface area contributed by atoms with Crippen molar-refractivity contribution in [2.24, 2.45) is 5.41 Å². The van der Waals surface area contributed by atoms with Gasteiger partial charge >= 0.3 is 5.97 Å². The minimum Gasteiger partial charge on any atom is -0.502 e. The predicted molar refractivity (Wildman–Crippen MR) is 85.9 cm³/mol. The van der Waals surface area contributed by atoms with Crippen molar-refractivity contribution in [1.82, 2.24) is 0 Å². The van der Waals surface area contributed by atoms with Crippen LogP contribution in [-0.4, -0.2) is 11.1 Å². The molecule has 5 heteroatoms. The Kier molecular flexibility index (Phi) is 5.08. The first-order chi connectivity index (χ1) is 10.8. The molecule has 0 saturated carbocycles. The van der Waals surface area contributed by atoms with Crippen LogP contribution < -0.4 is 5.43 Å². The molecule has 5 nitrogen and oxygen atoms in total. The minimum absolute atomic E-state index is 0.0584. The number of hydrogen-bond donors (Lipinski definition) is 1. The van der Waals surface area contributed by atoms with E-state index >= 15 is 0 Å². The molecule has 0 amide bonds. The highest BCUT2D eigenvalue weighted by atomic mass is 16.5. The van der Waals surface area contributed by atoms with Gasteiger partial charge in [0.15, 0.2) is 5.75 Å². The fraction of sp³-hybridized carbons (Fsp3) is 0.444. The summed E-state index contributed by atoms with van der Waals surface area (Å²) in [5, 5.41) is 9.09. The van der Waals surface area contributed by atoms with E-state index in [1.54, 1.807) is 0 Å². The van der Waals surface area contributed by atoms with Crippen molar-refractivity contribution < 1.29 is 19.1 Å². The molecular weight excluding hydrogens is 296 g/mol. The molecule has 0 bridgehead atoms. The predicted octanol–water partition coefficient (Wildman–Crippen LogP) is 3.47. The van der Waals surface area contributed by atoms with Crippen LogP contribution in [0.2, 0.25) is 0 Å². The summed E-state index contributed by atoms with van der Waals surface area (Å²) in [6, 6.07) is 1.10. The average Bonchev–Trinajstić information content (AvgIpc) is 2.47. The molecule has 124 valence electrons. The molecule has 0 aliphatic heterocycles. The van der Waals surface area contributed by atoms with Crippen LogP contribution >= 0.6 is 0 Å². The molecule has 0 radical (unpaired) electrons. The number of aromatic hydroxyl groups is 1. The van der Waals surface area contributed by atoms with E-state index in [0.29, 0.717) is 0 Å². The van der Waals surface area contributed by atoms with Gasteiger partial charge in [0, 0.05) is 12.1 Å². The molecule has 1 heterocycles. The zero-order chi connectivity index (χ0) is 17.0. The van der Waals surface area contributed by atoms with Gasteiger partial charge in [0.05, 0.1) is 0 Å². The average molecular weight is 318 g/mol. The Balaban J connectivity index is 1.99. The number of hydrogen-bond acceptors (Lipinski definition) is 5. The van der Waals surface area contributed by atoms with Crippen molar-refractivity contribution in [3.8, 4) is 5.75 Å². The Bertz CT molecular complexity index is 706. The third kappa shape index (κ3) is 4.34. The minimum atomic E-state index is -0.567. The first kappa shape index (κ1) is 17.1. The summed E-state index contributed by atoms with van der Waals surface area (Å²) < 4.78 is 10.0. The third-order valence-corrected chi connectivity index (χ3v) is 4.15. The van der Waals surface area contributed by atoms with Crippen LogP contribution in [-0.2, 0) is 16.1 Å². The van der Waals surface area contributed by atoms with Crippen LogP contribution in [0.1, 0.15) is 45.8 Å². The van der Waals surface area contributed by atoms with E-state index in [0.717, 1.165) is 25.2 Å². The maximum Gasteiger partial charge on any atom is 0.331 e. The van der Waals surface area contributed by atoms with Crippen molar-refractivity contribution in [1.29, 1.82) is 0 Å². The molecule has 0 saturated heterocycles. The Morgan fingerprint density at radius 3 is 2.87 bits per heavy atom. The second kappa shape index (κ2) is 6.86. The molecule has 0 spiro atoms. The van der Waals surface area contributed by atoms with Crippen LogP contribution in [0.4, 0.5) is 0 Å². The Hall–Kier alpha value is -2.30. The molecule has 23 heavy (non-hydrogen) atoms. The second-order valence-corrected chi connectivity index (χ2v) is 6.47. The van der Waals surface area contributed by atoms with Crippen molar-refractivity contribution in [3.05, 3.63) is 51.6 Å². The Morgan fingerprint density at radius 2 is 2.22 bits per heavy atom. The lowest BCUT2D eigenvalue weighted by Crippen LogP contribution is -2.19. The monoisotopic (exact) mass is 318 g/mol. The molecule has 1 aromatic rings. The van der Waals surface area contributed by atoms with Crippen LogP contribution in [0.15, 0.2) is 44.8 Å². The van der Waals surface area contributed by atoms with Gasteiger partial charge in [0.1, 0.15) is 18.6 Å². The number of carbonyl (C=O) groups is 1. The van der Waals surface area contributed by atoms with E-state index in [9.17, 15) is 9.59 Å². The molecule has 0 atom stereocenters. The highest BCUT2D eigenvalue weighted by molar-refractivity contribution is 5.82. The standard InChI is InChI=1S/C18H22O5/c1-12-5-4-8-18(2,3)14(12)6-7-17(21)23-10-13-9-15(19)16(20)11-22-13/h6-7,9,11,20H,4-5,8,10H2,1-3H3/b7-6+. The van der Waals surface area contributed by atoms with Gasteiger partial charge in [-0.25, -0.2) is 4.79 Å². The fourth-order valence-corrected chi connectivity index (χ4v) is 2.87.